The van der Waals surface area contributed by atoms with Gasteiger partial charge in [0, 0.05) is 11.6 Å². The van der Waals surface area contributed by atoms with Gasteiger partial charge in [-0.1, -0.05) is 29.8 Å². The second-order valence-corrected chi connectivity index (χ2v) is 11.6. The summed E-state index contributed by atoms with van der Waals surface area (Å²) in [6.45, 7) is 3.90. The highest BCUT2D eigenvalue weighted by Gasteiger charge is 2.27. The van der Waals surface area contributed by atoms with Crippen LogP contribution in [-0.4, -0.2) is 56.3 Å². The molecule has 1 N–H and O–H groups in total. The first-order valence-corrected chi connectivity index (χ1v) is 14.7. The van der Waals surface area contributed by atoms with Crippen molar-refractivity contribution in [1.82, 2.24) is 19.4 Å². The Morgan fingerprint density at radius 2 is 1.90 bits per heavy atom. The summed E-state index contributed by atoms with van der Waals surface area (Å²) in [6, 6.07) is 15.8. The highest BCUT2D eigenvalue weighted by atomic mass is 35.5. The van der Waals surface area contributed by atoms with Gasteiger partial charge in [0.25, 0.3) is 0 Å². The van der Waals surface area contributed by atoms with Gasteiger partial charge >= 0.3 is 5.97 Å². The lowest BCUT2D eigenvalue weighted by molar-refractivity contribution is -0.0592. The van der Waals surface area contributed by atoms with E-state index < -0.39 is 5.97 Å². The van der Waals surface area contributed by atoms with Gasteiger partial charge in [0.15, 0.2) is 11.5 Å². The topological polar surface area (TPSA) is 93.6 Å². The van der Waals surface area contributed by atoms with Crippen molar-refractivity contribution in [2.75, 3.05) is 19.7 Å². The molecule has 4 heterocycles. The average molecular weight is 589 g/mol. The number of likely N-dealkylation sites (tertiary alicyclic amines) is 1. The monoisotopic (exact) mass is 588 g/mol. The first kappa shape index (κ1) is 27.1. The smallest absolute Gasteiger partial charge is 0.335 e. The van der Waals surface area contributed by atoms with Crippen molar-refractivity contribution in [2.45, 2.75) is 50.8 Å². The van der Waals surface area contributed by atoms with Crippen LogP contribution in [0.4, 0.5) is 4.39 Å². The molecule has 0 radical (unpaired) electrons. The lowest BCUT2D eigenvalue weighted by atomic mass is 9.88. The number of piperidine rings is 1. The first-order valence-electron chi connectivity index (χ1n) is 14.3. The Balaban J connectivity index is 1.07. The molecule has 5 aromatic rings. The van der Waals surface area contributed by atoms with E-state index in [9.17, 15) is 14.3 Å². The number of nitrogens with zero attached hydrogens (tertiary/aromatic N) is 4. The minimum absolute atomic E-state index is 0.129. The molecule has 10 heteroatoms. The number of aromatic nitrogens is 3. The first-order chi connectivity index (χ1) is 20.4. The van der Waals surface area contributed by atoms with E-state index in [-0.39, 0.29) is 23.9 Å². The molecule has 0 bridgehead atoms. The summed E-state index contributed by atoms with van der Waals surface area (Å²) >= 11 is 5.91. The number of para-hydroxylation sites is 1. The second kappa shape index (κ2) is 11.1. The van der Waals surface area contributed by atoms with Gasteiger partial charge in [-0.3, -0.25) is 4.90 Å². The van der Waals surface area contributed by atoms with Gasteiger partial charge in [-0.15, -0.1) is 0 Å². The van der Waals surface area contributed by atoms with Gasteiger partial charge in [-0.2, -0.15) is 0 Å². The van der Waals surface area contributed by atoms with E-state index in [0.29, 0.717) is 41.1 Å². The van der Waals surface area contributed by atoms with E-state index in [2.05, 4.69) is 15.5 Å². The minimum atomic E-state index is -0.945. The fourth-order valence-electron chi connectivity index (χ4n) is 6.11. The van der Waals surface area contributed by atoms with Gasteiger partial charge in [0.2, 0.25) is 0 Å². The van der Waals surface area contributed by atoms with Crippen molar-refractivity contribution < 1.29 is 23.4 Å². The lowest BCUT2D eigenvalue weighted by Crippen LogP contribution is -2.35. The summed E-state index contributed by atoms with van der Waals surface area (Å²) in [4.78, 5) is 23.7. The number of ether oxygens (including phenoxy) is 1. The summed E-state index contributed by atoms with van der Waals surface area (Å²) in [6.07, 6.45) is 3.30. The third-order valence-electron chi connectivity index (χ3n) is 8.50. The molecule has 2 fully saturated rings. The number of imidazole rings is 1. The van der Waals surface area contributed by atoms with E-state index in [1.807, 2.05) is 12.1 Å². The molecule has 7 rings (SSSR count). The molecule has 2 aliphatic rings. The molecule has 42 heavy (non-hydrogen) atoms. The van der Waals surface area contributed by atoms with Gasteiger partial charge in [0.05, 0.1) is 42.2 Å². The average Bonchev–Trinajstić information content (AvgIpc) is 3.52. The molecule has 1 atom stereocenters. The Labute approximate surface area is 246 Å². The number of benzene rings is 3. The lowest BCUT2D eigenvalue weighted by Gasteiger charge is -2.32. The van der Waals surface area contributed by atoms with Crippen molar-refractivity contribution in [3.05, 3.63) is 93.8 Å². The Bertz CT molecular complexity index is 1790. The molecule has 0 unspecified atom stereocenters. The van der Waals surface area contributed by atoms with Crippen LogP contribution in [-0.2, 0) is 24.2 Å². The third-order valence-corrected chi connectivity index (χ3v) is 8.73. The summed E-state index contributed by atoms with van der Waals surface area (Å²) in [5.41, 5.74) is 5.11. The number of carbonyl (C=O) groups is 1. The maximum absolute atomic E-state index is 14.4. The van der Waals surface area contributed by atoms with E-state index in [1.54, 1.807) is 30.3 Å². The maximum atomic E-state index is 14.4. The van der Waals surface area contributed by atoms with Crippen molar-refractivity contribution in [1.29, 1.82) is 0 Å². The number of oxazole rings is 1. The molecule has 2 saturated heterocycles. The van der Waals surface area contributed by atoms with Crippen molar-refractivity contribution in [2.24, 2.45) is 0 Å². The van der Waals surface area contributed by atoms with Crippen LogP contribution in [0, 0.1) is 5.82 Å². The summed E-state index contributed by atoms with van der Waals surface area (Å²) in [5, 5.41) is 9.88. The zero-order valence-corrected chi connectivity index (χ0v) is 23.7. The fourth-order valence-corrected chi connectivity index (χ4v) is 6.27. The summed E-state index contributed by atoms with van der Waals surface area (Å²) in [5.74, 6) is 0.430. The van der Waals surface area contributed by atoms with Crippen LogP contribution in [0.25, 0.3) is 22.1 Å². The van der Waals surface area contributed by atoms with Crippen LogP contribution in [0.15, 0.2) is 59.0 Å². The van der Waals surface area contributed by atoms with Crippen molar-refractivity contribution >= 4 is 39.7 Å². The molecule has 0 saturated carbocycles. The molecule has 2 aliphatic heterocycles. The molecule has 0 spiro atoms. The number of carboxylic acids is 1. The Morgan fingerprint density at radius 3 is 2.64 bits per heavy atom. The van der Waals surface area contributed by atoms with E-state index >= 15 is 0 Å². The highest BCUT2D eigenvalue weighted by Crippen LogP contribution is 2.34. The standard InChI is InChI=1S/C32H30ClFN4O4/c33-22-6-4-20(25(34)16-22)15-30-36-31-24(2-1-3-28(31)42-30)19-8-11-37(12-9-19)18-29-35-26-7-5-21(32(39)40)14-27(26)38(29)17-23-10-13-41-23/h1-7,14,16,19,23H,8-13,15,17-18H2,(H,39,40)/t23-/m0/s1. The van der Waals surface area contributed by atoms with Gasteiger partial charge in [-0.25, -0.2) is 19.2 Å². The Kier molecular flexibility index (Phi) is 7.17. The maximum Gasteiger partial charge on any atom is 0.335 e. The largest absolute Gasteiger partial charge is 0.478 e. The summed E-state index contributed by atoms with van der Waals surface area (Å²) in [7, 11) is 0. The van der Waals surface area contributed by atoms with Crippen LogP contribution in [0.5, 0.6) is 0 Å². The molecular formula is C32H30ClFN4O4. The molecule has 216 valence electrons. The minimum Gasteiger partial charge on any atom is -0.478 e. The molecule has 8 nitrogen and oxygen atoms in total. The quantitative estimate of drug-likeness (QED) is 0.223. The Hall–Kier alpha value is -3.79. The Morgan fingerprint density at radius 1 is 1.07 bits per heavy atom. The second-order valence-electron chi connectivity index (χ2n) is 11.2. The van der Waals surface area contributed by atoms with Crippen LogP contribution >= 0.6 is 11.6 Å². The fraction of sp³-hybridized carbons (Fsp3) is 0.344. The van der Waals surface area contributed by atoms with Gasteiger partial charge in [-0.05, 0) is 85.8 Å². The van der Waals surface area contributed by atoms with Crippen LogP contribution in [0.3, 0.4) is 0 Å². The van der Waals surface area contributed by atoms with Crippen LogP contribution in [0.2, 0.25) is 5.02 Å². The van der Waals surface area contributed by atoms with Crippen LogP contribution < -0.4 is 0 Å². The molecule has 2 aromatic heterocycles. The normalized spacial score (nSPS) is 18.1. The zero-order valence-electron chi connectivity index (χ0n) is 22.9. The number of carboxylic acid groups (broad SMARTS) is 1. The molecule has 3 aromatic carbocycles. The predicted molar refractivity (Wildman–Crippen MR) is 157 cm³/mol. The zero-order chi connectivity index (χ0) is 28.8. The highest BCUT2D eigenvalue weighted by molar-refractivity contribution is 6.30. The SMILES string of the molecule is O=C(O)c1ccc2nc(CN3CCC(c4cccc5oc(Cc6ccc(Cl)cc6F)nc45)CC3)n(C[C@@H]3CCO3)c2c1. The number of rotatable bonds is 8. The summed E-state index contributed by atoms with van der Waals surface area (Å²) < 4.78 is 28.2. The van der Waals surface area contributed by atoms with E-state index in [1.165, 1.54) is 6.07 Å². The van der Waals surface area contributed by atoms with Crippen LogP contribution in [0.1, 0.15) is 58.4 Å². The van der Waals surface area contributed by atoms with Gasteiger partial charge in [0.1, 0.15) is 17.2 Å². The molecule has 0 aliphatic carbocycles. The third kappa shape index (κ3) is 5.28. The number of hydrogen-bond acceptors (Lipinski definition) is 6. The number of hydrogen-bond donors (Lipinski definition) is 1. The predicted octanol–water partition coefficient (Wildman–Crippen LogP) is 6.43. The van der Waals surface area contributed by atoms with Crippen molar-refractivity contribution in [3.8, 4) is 0 Å². The number of fused-ring (bicyclic) bond motifs is 2. The van der Waals surface area contributed by atoms with E-state index in [0.717, 1.165) is 66.9 Å². The molecular weight excluding hydrogens is 559 g/mol. The van der Waals surface area contributed by atoms with Crippen molar-refractivity contribution in [3.63, 3.8) is 0 Å². The molecule has 0 amide bonds. The van der Waals surface area contributed by atoms with E-state index in [4.69, 9.17) is 30.7 Å². The number of aromatic carboxylic acids is 1. The van der Waals surface area contributed by atoms with Gasteiger partial charge < -0.3 is 18.8 Å². The number of halogens is 2.